The van der Waals surface area contributed by atoms with Gasteiger partial charge in [-0.1, -0.05) is 48.0 Å². The predicted octanol–water partition coefficient (Wildman–Crippen LogP) is 3.74. The molecule has 0 aliphatic heterocycles. The average molecular weight is 362 g/mol. The van der Waals surface area contributed by atoms with E-state index in [1.165, 1.54) is 0 Å². The lowest BCUT2D eigenvalue weighted by molar-refractivity contribution is -0.149. The fourth-order valence-electron chi connectivity index (χ4n) is 3.00. The summed E-state index contributed by atoms with van der Waals surface area (Å²) in [6, 6.07) is 15.4. The van der Waals surface area contributed by atoms with E-state index in [1.54, 1.807) is 6.92 Å². The van der Waals surface area contributed by atoms with Crippen molar-refractivity contribution < 1.29 is 15.0 Å². The molecule has 0 spiro atoms. The first-order valence-corrected chi connectivity index (χ1v) is 8.66. The normalized spacial score (nSPS) is 14.7. The Hall–Kier alpha value is -1.88. The molecular weight excluding hydrogens is 338 g/mol. The van der Waals surface area contributed by atoms with Crippen LogP contribution in [-0.2, 0) is 11.2 Å². The van der Waals surface area contributed by atoms with Gasteiger partial charge >= 0.3 is 5.97 Å². The average Bonchev–Trinajstić information content (AvgIpc) is 2.55. The first kappa shape index (κ1) is 19.4. The Bertz CT molecular complexity index is 717. The summed E-state index contributed by atoms with van der Waals surface area (Å²) in [5.41, 5.74) is 8.32. The van der Waals surface area contributed by atoms with Gasteiger partial charge in [0.05, 0.1) is 5.41 Å². The van der Waals surface area contributed by atoms with Gasteiger partial charge in [0.25, 0.3) is 0 Å². The van der Waals surface area contributed by atoms with Crippen LogP contribution in [0.3, 0.4) is 0 Å². The van der Waals surface area contributed by atoms with Crippen molar-refractivity contribution in [2.24, 2.45) is 11.1 Å². The maximum absolute atomic E-state index is 11.5. The van der Waals surface area contributed by atoms with Crippen LogP contribution in [0.4, 0.5) is 0 Å². The minimum absolute atomic E-state index is 0.163. The number of carboxylic acid groups (broad SMARTS) is 1. The Morgan fingerprint density at radius 2 is 1.88 bits per heavy atom. The molecule has 0 radical (unpaired) electrons. The second-order valence-electron chi connectivity index (χ2n) is 6.72. The largest absolute Gasteiger partial charge is 0.481 e. The number of aliphatic hydroxyl groups is 1. The first-order valence-electron chi connectivity index (χ1n) is 8.29. The van der Waals surface area contributed by atoms with Crippen LogP contribution in [0, 0.1) is 5.41 Å². The number of hydrogen-bond donors (Lipinski definition) is 3. The molecule has 4 nitrogen and oxygen atoms in total. The number of hydrogen-bond acceptors (Lipinski definition) is 3. The van der Waals surface area contributed by atoms with Crippen LogP contribution < -0.4 is 5.73 Å². The van der Waals surface area contributed by atoms with Gasteiger partial charge in [-0.15, -0.1) is 0 Å². The molecule has 5 heteroatoms. The summed E-state index contributed by atoms with van der Waals surface area (Å²) in [6.07, 6.45) is 1.10. The van der Waals surface area contributed by atoms with Crippen LogP contribution in [0.25, 0.3) is 11.1 Å². The monoisotopic (exact) mass is 361 g/mol. The molecule has 0 heterocycles. The smallest absolute Gasteiger partial charge is 0.309 e. The van der Waals surface area contributed by atoms with E-state index in [0.29, 0.717) is 17.9 Å². The highest BCUT2D eigenvalue weighted by Crippen LogP contribution is 2.29. The number of benzene rings is 2. The predicted molar refractivity (Wildman–Crippen MR) is 101 cm³/mol. The van der Waals surface area contributed by atoms with Crippen molar-refractivity contribution in [2.75, 3.05) is 6.61 Å². The molecule has 0 aliphatic rings. The number of aliphatic carboxylic acids is 1. The van der Waals surface area contributed by atoms with E-state index < -0.39 is 11.4 Å². The summed E-state index contributed by atoms with van der Waals surface area (Å²) in [7, 11) is 0. The zero-order valence-corrected chi connectivity index (χ0v) is 15.0. The number of carbonyl (C=O) groups is 1. The van der Waals surface area contributed by atoms with Crippen molar-refractivity contribution in [1.82, 2.24) is 0 Å². The maximum Gasteiger partial charge on any atom is 0.309 e. The molecule has 2 atom stereocenters. The summed E-state index contributed by atoms with van der Waals surface area (Å²) in [5.74, 6) is -0.923. The minimum atomic E-state index is -1.01. The highest BCUT2D eigenvalue weighted by molar-refractivity contribution is 6.30. The molecule has 0 amide bonds. The second kappa shape index (κ2) is 8.48. The standard InChI is InChI=1S/C20H24ClNO3/c1-20(9-10-23,19(24)25)13-18(22)11-14-5-7-15(8-6-14)16-3-2-4-17(21)12-16/h2-8,12,18,23H,9-11,13,22H2,1H3,(H,24,25)/t18-,20-/m1/s1. The summed E-state index contributed by atoms with van der Waals surface area (Å²) < 4.78 is 0. The zero-order chi connectivity index (χ0) is 18.4. The second-order valence-corrected chi connectivity index (χ2v) is 7.15. The molecule has 2 aromatic rings. The molecule has 0 aliphatic carbocycles. The lowest BCUT2D eigenvalue weighted by Gasteiger charge is -2.27. The van der Waals surface area contributed by atoms with E-state index in [9.17, 15) is 9.90 Å². The van der Waals surface area contributed by atoms with Crippen molar-refractivity contribution >= 4 is 17.6 Å². The maximum atomic E-state index is 11.5. The van der Waals surface area contributed by atoms with E-state index >= 15 is 0 Å². The number of halogens is 1. The van der Waals surface area contributed by atoms with Crippen LogP contribution in [0.15, 0.2) is 48.5 Å². The fraction of sp³-hybridized carbons (Fsp3) is 0.350. The zero-order valence-electron chi connectivity index (χ0n) is 14.3. The molecule has 2 rings (SSSR count). The molecule has 0 fully saturated rings. The van der Waals surface area contributed by atoms with Crippen molar-refractivity contribution in [1.29, 1.82) is 0 Å². The van der Waals surface area contributed by atoms with Gasteiger partial charge in [-0.3, -0.25) is 4.79 Å². The minimum Gasteiger partial charge on any atom is -0.481 e. The van der Waals surface area contributed by atoms with Crippen LogP contribution in [0.1, 0.15) is 25.3 Å². The number of rotatable bonds is 8. The van der Waals surface area contributed by atoms with Gasteiger partial charge in [0, 0.05) is 17.7 Å². The van der Waals surface area contributed by atoms with E-state index in [1.807, 2.05) is 48.5 Å². The van der Waals surface area contributed by atoms with Crippen molar-refractivity contribution in [3.05, 3.63) is 59.1 Å². The molecule has 2 aromatic carbocycles. The summed E-state index contributed by atoms with van der Waals surface area (Å²) in [6.45, 7) is 1.47. The molecular formula is C20H24ClNO3. The van der Waals surface area contributed by atoms with Gasteiger partial charge in [-0.25, -0.2) is 0 Å². The first-order chi connectivity index (χ1) is 11.8. The number of carboxylic acids is 1. The van der Waals surface area contributed by atoms with Gasteiger partial charge in [-0.2, -0.15) is 0 Å². The Morgan fingerprint density at radius 3 is 2.44 bits per heavy atom. The number of aliphatic hydroxyl groups excluding tert-OH is 1. The van der Waals surface area contributed by atoms with Gasteiger partial charge in [0.2, 0.25) is 0 Å². The Labute approximate surface area is 153 Å². The molecule has 134 valence electrons. The van der Waals surface area contributed by atoms with E-state index in [2.05, 4.69) is 0 Å². The van der Waals surface area contributed by atoms with E-state index in [4.69, 9.17) is 22.4 Å². The third kappa shape index (κ3) is 5.30. The molecule has 0 saturated heterocycles. The number of nitrogens with two attached hydrogens (primary N) is 1. The fourth-order valence-corrected chi connectivity index (χ4v) is 3.19. The quantitative estimate of drug-likeness (QED) is 0.668. The third-order valence-corrected chi connectivity index (χ3v) is 4.74. The molecule has 25 heavy (non-hydrogen) atoms. The van der Waals surface area contributed by atoms with Crippen LogP contribution in [0.2, 0.25) is 5.02 Å². The molecule has 4 N–H and O–H groups in total. The Morgan fingerprint density at radius 1 is 1.20 bits per heavy atom. The van der Waals surface area contributed by atoms with E-state index in [-0.39, 0.29) is 19.1 Å². The summed E-state index contributed by atoms with van der Waals surface area (Å²) >= 11 is 6.03. The third-order valence-electron chi connectivity index (χ3n) is 4.50. The Kier molecular flexibility index (Phi) is 6.59. The van der Waals surface area contributed by atoms with Gasteiger partial charge in [-0.05, 0) is 55.0 Å². The summed E-state index contributed by atoms with van der Waals surface area (Å²) in [5, 5.41) is 19.2. The van der Waals surface area contributed by atoms with Crippen LogP contribution in [-0.4, -0.2) is 28.8 Å². The molecule has 0 bridgehead atoms. The van der Waals surface area contributed by atoms with Gasteiger partial charge < -0.3 is 15.9 Å². The molecule has 0 aromatic heterocycles. The lowest BCUT2D eigenvalue weighted by atomic mass is 9.79. The van der Waals surface area contributed by atoms with Gasteiger partial charge in [0.1, 0.15) is 0 Å². The highest BCUT2D eigenvalue weighted by atomic mass is 35.5. The van der Waals surface area contributed by atoms with E-state index in [0.717, 1.165) is 16.7 Å². The van der Waals surface area contributed by atoms with Crippen molar-refractivity contribution in [3.8, 4) is 11.1 Å². The van der Waals surface area contributed by atoms with Crippen molar-refractivity contribution in [2.45, 2.75) is 32.2 Å². The Balaban J connectivity index is 2.04. The van der Waals surface area contributed by atoms with Gasteiger partial charge in [0.15, 0.2) is 0 Å². The topological polar surface area (TPSA) is 83.5 Å². The lowest BCUT2D eigenvalue weighted by Crippen LogP contribution is -2.37. The SMILES string of the molecule is C[C@@](CCO)(C[C@H](N)Cc1ccc(-c2cccc(Cl)c2)cc1)C(=O)O. The summed E-state index contributed by atoms with van der Waals surface area (Å²) in [4.78, 5) is 11.5. The van der Waals surface area contributed by atoms with Crippen molar-refractivity contribution in [3.63, 3.8) is 0 Å². The highest BCUT2D eigenvalue weighted by Gasteiger charge is 2.34. The van der Waals surface area contributed by atoms with Crippen LogP contribution in [0.5, 0.6) is 0 Å². The molecule has 0 unspecified atom stereocenters. The molecule has 0 saturated carbocycles. The van der Waals surface area contributed by atoms with Crippen LogP contribution >= 0.6 is 11.6 Å².